The second-order valence-corrected chi connectivity index (χ2v) is 4.46. The lowest BCUT2D eigenvalue weighted by Crippen LogP contribution is -2.87. The lowest BCUT2D eigenvalue weighted by molar-refractivity contribution is -0.670. The molecule has 0 atom stereocenters. The van der Waals surface area contributed by atoms with Gasteiger partial charge < -0.3 is 39.9 Å². The molecule has 4 N–H and O–H groups in total. The van der Waals surface area contributed by atoms with Gasteiger partial charge in [0.25, 0.3) is 0 Å². The summed E-state index contributed by atoms with van der Waals surface area (Å²) in [7, 11) is 0. The highest BCUT2D eigenvalue weighted by atomic mass is 35.5. The molecule has 0 aromatic rings. The van der Waals surface area contributed by atoms with Gasteiger partial charge in [-0.05, 0) is 6.08 Å². The van der Waals surface area contributed by atoms with Crippen LogP contribution >= 0.6 is 11.6 Å². The van der Waals surface area contributed by atoms with Gasteiger partial charge in [-0.25, -0.2) is 0 Å². The predicted octanol–water partition coefficient (Wildman–Crippen LogP) is -5.23. The smallest absolute Gasteiger partial charge is 0.0993 e. The normalized spacial score (nSPS) is 18.4. The van der Waals surface area contributed by atoms with E-state index in [2.05, 4.69) is 10.6 Å². The van der Waals surface area contributed by atoms with Crippen molar-refractivity contribution in [2.45, 2.75) is 0 Å². The lowest BCUT2D eigenvalue weighted by atomic mass is 10.5. The molecule has 2 fully saturated rings. The predicted molar refractivity (Wildman–Crippen MR) is 68.9 cm³/mol. The highest BCUT2D eigenvalue weighted by Gasteiger charge is 1.97. The molecular weight excluding hydrogens is 304 g/mol. The Morgan fingerprint density at radius 2 is 1.29 bits per heavy atom. The van der Waals surface area contributed by atoms with Crippen molar-refractivity contribution >= 4 is 23.5 Å². The van der Waals surface area contributed by atoms with Crippen molar-refractivity contribution < 1.29 is 39.9 Å². The summed E-state index contributed by atoms with van der Waals surface area (Å²) in [5.41, 5.74) is 0. The number of morpholine rings is 2. The second-order valence-electron chi connectivity index (χ2n) is 4.06. The lowest BCUT2D eigenvalue weighted by Gasteiger charge is -2.07. The topological polar surface area (TPSA) is 132 Å². The van der Waals surface area contributed by atoms with E-state index in [1.54, 1.807) is 0 Å². The van der Waals surface area contributed by atoms with Gasteiger partial charge in [-0.2, -0.15) is 0 Å². The molecule has 2 heterocycles. The fourth-order valence-electron chi connectivity index (χ4n) is 1.32. The molecule has 2 saturated heterocycles. The Morgan fingerprint density at radius 1 is 0.905 bits per heavy atom. The van der Waals surface area contributed by atoms with Crippen LogP contribution in [0.5, 0.6) is 0 Å². The zero-order valence-electron chi connectivity index (χ0n) is 11.7. The standard InChI is InChI=1S/C4H3ClO4.2C4H9NO/c5-2(4(8)9)1-3(6)7;2*1-3-6-4-2-5-1/h1H,(H,6,7)(H,8,9);2*5H,1-4H2/b2-1-;;. The first kappa shape index (κ1) is 19.8. The number of carbonyl (C=O) groups excluding carboxylic acids is 2. The number of rotatable bonds is 2. The van der Waals surface area contributed by atoms with E-state index in [0.717, 1.165) is 52.6 Å². The minimum atomic E-state index is -1.74. The molecular formula is C12H21ClN2O6. The molecule has 2 rings (SSSR count). The molecule has 0 aromatic carbocycles. The molecule has 0 aromatic heterocycles. The summed E-state index contributed by atoms with van der Waals surface area (Å²) in [5.74, 6) is -3.40. The summed E-state index contributed by atoms with van der Waals surface area (Å²) in [5, 5.41) is 22.8. The molecule has 0 bridgehead atoms. The maximum atomic E-state index is 9.63. The first-order valence-electron chi connectivity index (χ1n) is 6.62. The van der Waals surface area contributed by atoms with Gasteiger partial charge in [-0.15, -0.1) is 0 Å². The fourth-order valence-corrected chi connectivity index (χ4v) is 1.41. The first-order chi connectivity index (χ1) is 10.0. The number of ether oxygens (including phenoxy) is 2. The van der Waals surface area contributed by atoms with Crippen LogP contribution in [-0.2, 0) is 19.1 Å². The first-order valence-corrected chi connectivity index (χ1v) is 7.00. The van der Waals surface area contributed by atoms with Crippen molar-refractivity contribution in [2.24, 2.45) is 0 Å². The largest absolute Gasteiger partial charge is 0.545 e. The molecule has 2 aliphatic rings. The van der Waals surface area contributed by atoms with E-state index < -0.39 is 17.0 Å². The highest BCUT2D eigenvalue weighted by Crippen LogP contribution is 1.96. The van der Waals surface area contributed by atoms with Crippen LogP contribution in [0.25, 0.3) is 0 Å². The summed E-state index contributed by atoms with van der Waals surface area (Å²) in [4.78, 5) is 19.2. The van der Waals surface area contributed by atoms with Crippen LogP contribution in [-0.4, -0.2) is 64.5 Å². The summed E-state index contributed by atoms with van der Waals surface area (Å²) in [6, 6.07) is 0. The number of carbonyl (C=O) groups is 2. The minimum absolute atomic E-state index is 0.233. The van der Waals surface area contributed by atoms with E-state index in [-0.39, 0.29) is 6.08 Å². The van der Waals surface area contributed by atoms with Crippen LogP contribution < -0.4 is 20.8 Å². The highest BCUT2D eigenvalue weighted by molar-refractivity contribution is 6.41. The molecule has 0 unspecified atom stereocenters. The molecule has 0 amide bonds. The van der Waals surface area contributed by atoms with Crippen molar-refractivity contribution in [2.75, 3.05) is 52.6 Å². The van der Waals surface area contributed by atoms with Crippen LogP contribution in [0.3, 0.4) is 0 Å². The third kappa shape index (κ3) is 15.0. The maximum absolute atomic E-state index is 9.63. The molecule has 0 spiro atoms. The van der Waals surface area contributed by atoms with Gasteiger partial charge in [0, 0.05) is 0 Å². The van der Waals surface area contributed by atoms with Crippen molar-refractivity contribution in [1.82, 2.24) is 0 Å². The molecule has 122 valence electrons. The number of quaternary nitrogens is 2. The zero-order chi connectivity index (χ0) is 15.9. The Hall–Kier alpha value is -1.19. The van der Waals surface area contributed by atoms with Gasteiger partial charge in [0.15, 0.2) is 0 Å². The van der Waals surface area contributed by atoms with Crippen molar-refractivity contribution in [3.8, 4) is 0 Å². The van der Waals surface area contributed by atoms with E-state index in [1.807, 2.05) is 0 Å². The van der Waals surface area contributed by atoms with Crippen LogP contribution in [0.4, 0.5) is 0 Å². The number of hydrogen-bond acceptors (Lipinski definition) is 6. The van der Waals surface area contributed by atoms with Gasteiger partial charge in [0.1, 0.15) is 0 Å². The number of hydrogen-bond donors (Lipinski definition) is 2. The monoisotopic (exact) mass is 324 g/mol. The summed E-state index contributed by atoms with van der Waals surface area (Å²) >= 11 is 4.79. The average molecular weight is 325 g/mol. The number of carboxylic acids is 2. The second kappa shape index (κ2) is 13.8. The van der Waals surface area contributed by atoms with Crippen LogP contribution in [0, 0.1) is 0 Å². The Labute approximate surface area is 128 Å². The van der Waals surface area contributed by atoms with Gasteiger partial charge in [0.2, 0.25) is 0 Å². The Morgan fingerprint density at radius 3 is 1.38 bits per heavy atom. The summed E-state index contributed by atoms with van der Waals surface area (Å²) < 4.78 is 10.1. The molecule has 2 aliphatic heterocycles. The van der Waals surface area contributed by atoms with Crippen LogP contribution in [0.1, 0.15) is 0 Å². The molecule has 0 saturated carbocycles. The summed E-state index contributed by atoms with van der Waals surface area (Å²) in [6.45, 7) is 8.39. The number of aliphatic carboxylic acids is 2. The number of halogens is 1. The van der Waals surface area contributed by atoms with E-state index in [9.17, 15) is 19.8 Å². The van der Waals surface area contributed by atoms with E-state index in [1.165, 1.54) is 0 Å². The maximum Gasteiger partial charge on any atom is 0.0993 e. The van der Waals surface area contributed by atoms with E-state index in [0.29, 0.717) is 0 Å². The SMILES string of the molecule is C1COCC[NH2+]1.C1COCC[NH2+]1.O=C([O-])/C=C(\Cl)C(=O)[O-]. The average Bonchev–Trinajstić information content (AvgIpc) is 2.51. The van der Waals surface area contributed by atoms with E-state index in [4.69, 9.17) is 21.1 Å². The zero-order valence-corrected chi connectivity index (χ0v) is 12.5. The Kier molecular flexibility index (Phi) is 13.0. The molecule has 21 heavy (non-hydrogen) atoms. The van der Waals surface area contributed by atoms with Crippen molar-refractivity contribution in [1.29, 1.82) is 0 Å². The molecule has 9 heteroatoms. The van der Waals surface area contributed by atoms with Crippen LogP contribution in [0.15, 0.2) is 11.1 Å². The third-order valence-corrected chi connectivity index (χ3v) is 2.57. The number of nitrogens with two attached hydrogens (primary N) is 2. The fraction of sp³-hybridized carbons (Fsp3) is 0.667. The Bertz CT molecular complexity index is 295. The van der Waals surface area contributed by atoms with Crippen molar-refractivity contribution in [3.63, 3.8) is 0 Å². The van der Waals surface area contributed by atoms with Crippen molar-refractivity contribution in [3.05, 3.63) is 11.1 Å². The quantitative estimate of drug-likeness (QED) is 0.488. The molecule has 0 radical (unpaired) electrons. The molecule has 0 aliphatic carbocycles. The number of carboxylic acid groups (broad SMARTS) is 2. The van der Waals surface area contributed by atoms with E-state index >= 15 is 0 Å². The Balaban J connectivity index is 0.000000293. The van der Waals surface area contributed by atoms with Crippen LogP contribution in [0.2, 0.25) is 0 Å². The molecule has 8 nitrogen and oxygen atoms in total. The summed E-state index contributed by atoms with van der Waals surface area (Å²) in [6.07, 6.45) is 0.233. The van der Waals surface area contributed by atoms with Gasteiger partial charge in [-0.3, -0.25) is 0 Å². The minimum Gasteiger partial charge on any atom is -0.545 e. The van der Waals surface area contributed by atoms with Gasteiger partial charge in [0.05, 0.1) is 69.6 Å². The van der Waals surface area contributed by atoms with Gasteiger partial charge >= 0.3 is 0 Å². The van der Waals surface area contributed by atoms with Gasteiger partial charge in [-0.1, -0.05) is 11.6 Å². The third-order valence-electron chi connectivity index (χ3n) is 2.30.